The van der Waals surface area contributed by atoms with Crippen LogP contribution in [0.15, 0.2) is 60.8 Å². The van der Waals surface area contributed by atoms with Gasteiger partial charge in [0.1, 0.15) is 0 Å². The van der Waals surface area contributed by atoms with Crippen molar-refractivity contribution in [2.75, 3.05) is 14.1 Å². The summed E-state index contributed by atoms with van der Waals surface area (Å²) in [4.78, 5) is 25.1. The van der Waals surface area contributed by atoms with E-state index >= 15 is 0 Å². The van der Waals surface area contributed by atoms with Crippen molar-refractivity contribution in [2.45, 2.75) is 0 Å². The molecule has 0 aliphatic rings. The lowest BCUT2D eigenvalue weighted by molar-refractivity contribution is -0.384. The summed E-state index contributed by atoms with van der Waals surface area (Å²) < 4.78 is 1.47. The standard InChI is InChI=1S/C18H16N6O3/c1-22(2)12-16(17(25)13-8-10-15(11-9-13)24(26)27)18-19-20-21-23(18)14-6-4-3-5-7-14/h3-12H,1-2H3/b16-12+. The maximum Gasteiger partial charge on any atom is 0.269 e. The van der Waals surface area contributed by atoms with Crippen LogP contribution in [-0.4, -0.2) is 49.9 Å². The number of benzene rings is 2. The fourth-order valence-corrected chi connectivity index (χ4v) is 2.46. The Kier molecular flexibility index (Phi) is 5.02. The summed E-state index contributed by atoms with van der Waals surface area (Å²) in [6, 6.07) is 14.6. The number of nitrogens with zero attached hydrogens (tertiary/aromatic N) is 6. The van der Waals surface area contributed by atoms with Crippen LogP contribution in [0.4, 0.5) is 5.69 Å². The molecular weight excluding hydrogens is 348 g/mol. The lowest BCUT2D eigenvalue weighted by Crippen LogP contribution is -2.13. The molecule has 3 aromatic rings. The zero-order valence-electron chi connectivity index (χ0n) is 14.7. The zero-order chi connectivity index (χ0) is 19.4. The maximum atomic E-state index is 13.1. The molecule has 0 saturated carbocycles. The van der Waals surface area contributed by atoms with E-state index in [0.29, 0.717) is 11.3 Å². The average Bonchev–Trinajstić information content (AvgIpc) is 3.15. The summed E-state index contributed by atoms with van der Waals surface area (Å²) in [6.07, 6.45) is 1.62. The highest BCUT2D eigenvalue weighted by Gasteiger charge is 2.22. The van der Waals surface area contributed by atoms with Gasteiger partial charge in [-0.15, -0.1) is 5.10 Å². The predicted molar refractivity (Wildman–Crippen MR) is 98.2 cm³/mol. The number of hydrogen-bond donors (Lipinski definition) is 0. The summed E-state index contributed by atoms with van der Waals surface area (Å²) >= 11 is 0. The van der Waals surface area contributed by atoms with Gasteiger partial charge in [0.25, 0.3) is 5.69 Å². The van der Waals surface area contributed by atoms with Crippen LogP contribution in [0.2, 0.25) is 0 Å². The third-order valence-electron chi connectivity index (χ3n) is 3.68. The quantitative estimate of drug-likeness (QED) is 0.286. The van der Waals surface area contributed by atoms with E-state index in [9.17, 15) is 14.9 Å². The van der Waals surface area contributed by atoms with Gasteiger partial charge in [-0.2, -0.15) is 4.68 Å². The fraction of sp³-hybridized carbons (Fsp3) is 0.111. The Labute approximate surface area is 154 Å². The Morgan fingerprint density at radius 3 is 2.37 bits per heavy atom. The average molecular weight is 364 g/mol. The first-order chi connectivity index (χ1) is 13.0. The molecule has 27 heavy (non-hydrogen) atoms. The predicted octanol–water partition coefficient (Wildman–Crippen LogP) is 2.36. The molecule has 0 atom stereocenters. The molecule has 1 heterocycles. The monoisotopic (exact) mass is 364 g/mol. The highest BCUT2D eigenvalue weighted by Crippen LogP contribution is 2.22. The summed E-state index contributed by atoms with van der Waals surface area (Å²) in [6.45, 7) is 0. The van der Waals surface area contributed by atoms with Gasteiger partial charge in [0.05, 0.1) is 16.2 Å². The van der Waals surface area contributed by atoms with Crippen LogP contribution in [0.5, 0.6) is 0 Å². The molecule has 0 aliphatic heterocycles. The second-order valence-electron chi connectivity index (χ2n) is 5.89. The fourth-order valence-electron chi connectivity index (χ4n) is 2.46. The van der Waals surface area contributed by atoms with E-state index in [2.05, 4.69) is 15.5 Å². The topological polar surface area (TPSA) is 107 Å². The number of ketones is 1. The zero-order valence-corrected chi connectivity index (χ0v) is 14.7. The van der Waals surface area contributed by atoms with E-state index in [1.165, 1.54) is 28.9 Å². The van der Waals surface area contributed by atoms with Crippen molar-refractivity contribution in [3.8, 4) is 5.69 Å². The van der Waals surface area contributed by atoms with E-state index in [0.717, 1.165) is 0 Å². The van der Waals surface area contributed by atoms with Crippen LogP contribution in [0, 0.1) is 10.1 Å². The highest BCUT2D eigenvalue weighted by molar-refractivity contribution is 6.28. The number of tetrazole rings is 1. The van der Waals surface area contributed by atoms with Crippen LogP contribution in [-0.2, 0) is 0 Å². The van der Waals surface area contributed by atoms with Gasteiger partial charge in [-0.25, -0.2) is 0 Å². The minimum Gasteiger partial charge on any atom is -0.383 e. The Balaban J connectivity index is 2.05. The molecule has 0 bridgehead atoms. The number of rotatable bonds is 6. The van der Waals surface area contributed by atoms with Crippen LogP contribution in [0.1, 0.15) is 16.2 Å². The number of allylic oxidation sites excluding steroid dienone is 1. The normalized spacial score (nSPS) is 11.3. The van der Waals surface area contributed by atoms with E-state index in [1.807, 2.05) is 30.3 Å². The number of para-hydroxylation sites is 1. The first kappa shape index (κ1) is 17.9. The first-order valence-electron chi connectivity index (χ1n) is 7.99. The van der Waals surface area contributed by atoms with Crippen molar-refractivity contribution in [1.82, 2.24) is 25.1 Å². The van der Waals surface area contributed by atoms with Crippen molar-refractivity contribution in [2.24, 2.45) is 0 Å². The number of hydrogen-bond acceptors (Lipinski definition) is 7. The lowest BCUT2D eigenvalue weighted by atomic mass is 10.0. The highest BCUT2D eigenvalue weighted by atomic mass is 16.6. The Bertz CT molecular complexity index is 993. The molecule has 0 aliphatic carbocycles. The third kappa shape index (κ3) is 3.87. The minimum atomic E-state index is -0.513. The molecule has 136 valence electrons. The minimum absolute atomic E-state index is 0.0844. The van der Waals surface area contributed by atoms with E-state index in [1.54, 1.807) is 25.2 Å². The Hall–Kier alpha value is -3.88. The summed E-state index contributed by atoms with van der Waals surface area (Å²) in [5, 5.41) is 22.5. The van der Waals surface area contributed by atoms with Gasteiger partial charge in [0.2, 0.25) is 0 Å². The Morgan fingerprint density at radius 2 is 1.78 bits per heavy atom. The van der Waals surface area contributed by atoms with Crippen molar-refractivity contribution < 1.29 is 9.72 Å². The summed E-state index contributed by atoms with van der Waals surface area (Å²) in [5.41, 5.74) is 1.19. The third-order valence-corrected chi connectivity index (χ3v) is 3.68. The molecular formula is C18H16N6O3. The van der Waals surface area contributed by atoms with Crippen LogP contribution in [0.3, 0.4) is 0 Å². The van der Waals surface area contributed by atoms with Gasteiger partial charge < -0.3 is 4.90 Å². The van der Waals surface area contributed by atoms with Crippen LogP contribution >= 0.6 is 0 Å². The van der Waals surface area contributed by atoms with Crippen molar-refractivity contribution in [3.63, 3.8) is 0 Å². The van der Waals surface area contributed by atoms with Gasteiger partial charge in [-0.05, 0) is 34.7 Å². The van der Waals surface area contributed by atoms with Gasteiger partial charge in [0, 0.05) is 38.0 Å². The molecule has 1 aromatic heterocycles. The van der Waals surface area contributed by atoms with Crippen molar-refractivity contribution in [1.29, 1.82) is 0 Å². The molecule has 2 aromatic carbocycles. The number of carbonyl (C=O) groups is 1. The molecule has 0 unspecified atom stereocenters. The summed E-state index contributed by atoms with van der Waals surface area (Å²) in [5.74, 6) is -0.0659. The van der Waals surface area contributed by atoms with Gasteiger partial charge in [0.15, 0.2) is 11.6 Å². The molecule has 9 heteroatoms. The van der Waals surface area contributed by atoms with Crippen LogP contribution < -0.4 is 0 Å². The number of non-ortho nitro benzene ring substituents is 1. The molecule has 9 nitrogen and oxygen atoms in total. The number of aromatic nitrogens is 4. The molecule has 0 spiro atoms. The molecule has 0 saturated heterocycles. The van der Waals surface area contributed by atoms with Crippen molar-refractivity contribution >= 4 is 17.0 Å². The van der Waals surface area contributed by atoms with E-state index in [4.69, 9.17) is 0 Å². The number of nitro benzene ring substituents is 1. The molecule has 0 N–H and O–H groups in total. The second kappa shape index (κ2) is 7.56. The SMILES string of the molecule is CN(C)/C=C(\C(=O)c1ccc([N+](=O)[O-])cc1)c1nnnn1-c1ccccc1. The molecule has 3 rings (SSSR count). The first-order valence-corrected chi connectivity index (χ1v) is 7.99. The number of nitro groups is 1. The maximum absolute atomic E-state index is 13.1. The van der Waals surface area contributed by atoms with Crippen molar-refractivity contribution in [3.05, 3.63) is 82.3 Å². The summed E-state index contributed by atoms with van der Waals surface area (Å²) in [7, 11) is 3.56. The molecule has 0 radical (unpaired) electrons. The molecule has 0 fully saturated rings. The van der Waals surface area contributed by atoms with Gasteiger partial charge >= 0.3 is 0 Å². The van der Waals surface area contributed by atoms with Gasteiger partial charge in [-0.1, -0.05) is 18.2 Å². The largest absolute Gasteiger partial charge is 0.383 e. The lowest BCUT2D eigenvalue weighted by Gasteiger charge is -2.11. The van der Waals surface area contributed by atoms with E-state index in [-0.39, 0.29) is 22.9 Å². The van der Waals surface area contributed by atoms with E-state index < -0.39 is 4.92 Å². The Morgan fingerprint density at radius 1 is 1.11 bits per heavy atom. The second-order valence-corrected chi connectivity index (χ2v) is 5.89. The van der Waals surface area contributed by atoms with Gasteiger partial charge in [-0.3, -0.25) is 14.9 Å². The number of carbonyl (C=O) groups excluding carboxylic acids is 1. The number of Topliss-reactive ketones (excluding diaryl/α,β-unsaturated/α-hetero) is 1. The smallest absolute Gasteiger partial charge is 0.269 e. The molecule has 0 amide bonds. The van der Waals surface area contributed by atoms with Crippen LogP contribution in [0.25, 0.3) is 11.3 Å².